The number of carbonyl (C=O) groups excluding carboxylic acids is 1. The molecule has 0 bridgehead atoms. The van der Waals surface area contributed by atoms with Gasteiger partial charge in [-0.2, -0.15) is 0 Å². The molecule has 1 aromatic rings. The topological polar surface area (TPSA) is 35.5 Å². The molecule has 1 aliphatic rings. The Morgan fingerprint density at radius 1 is 1.33 bits per heavy atom. The summed E-state index contributed by atoms with van der Waals surface area (Å²) in [7, 11) is 0. The Kier molecular flexibility index (Phi) is 4.40. The van der Waals surface area contributed by atoms with Crippen molar-refractivity contribution in [3.63, 3.8) is 0 Å². The molecule has 0 N–H and O–H groups in total. The highest BCUT2D eigenvalue weighted by atomic mass is 16.5. The van der Waals surface area contributed by atoms with Crippen LogP contribution in [0.5, 0.6) is 11.5 Å². The minimum atomic E-state index is 0.205. The molecule has 1 aromatic carbocycles. The fourth-order valence-electron chi connectivity index (χ4n) is 2.02. The number of carbonyl (C=O) groups is 1. The van der Waals surface area contributed by atoms with Crippen molar-refractivity contribution >= 4 is 6.29 Å². The summed E-state index contributed by atoms with van der Waals surface area (Å²) in [5.74, 6) is 1.37. The smallest absolute Gasteiger partial charge is 0.161 e. The first-order valence-corrected chi connectivity index (χ1v) is 6.37. The van der Waals surface area contributed by atoms with E-state index in [4.69, 9.17) is 9.47 Å². The molecule has 0 fully saturated rings. The molecule has 3 heteroatoms. The van der Waals surface area contributed by atoms with Crippen molar-refractivity contribution in [2.75, 3.05) is 6.61 Å². The number of allylic oxidation sites excluding steroid dienone is 1. The molecular weight excluding hydrogens is 228 g/mol. The predicted molar refractivity (Wildman–Crippen MR) is 70.4 cm³/mol. The molecule has 96 valence electrons. The molecule has 1 aliphatic carbocycles. The van der Waals surface area contributed by atoms with Crippen molar-refractivity contribution in [3.8, 4) is 11.5 Å². The molecule has 0 spiro atoms. The molecule has 3 nitrogen and oxygen atoms in total. The lowest BCUT2D eigenvalue weighted by atomic mass is 10.0. The van der Waals surface area contributed by atoms with Gasteiger partial charge in [-0.3, -0.25) is 4.79 Å². The van der Waals surface area contributed by atoms with E-state index >= 15 is 0 Å². The maximum absolute atomic E-state index is 10.8. The van der Waals surface area contributed by atoms with E-state index in [1.54, 1.807) is 12.1 Å². The number of aldehydes is 1. The van der Waals surface area contributed by atoms with Crippen molar-refractivity contribution in [1.82, 2.24) is 0 Å². The van der Waals surface area contributed by atoms with Gasteiger partial charge in [0.2, 0.25) is 0 Å². The van der Waals surface area contributed by atoms with Crippen LogP contribution in [0.15, 0.2) is 30.4 Å². The van der Waals surface area contributed by atoms with Gasteiger partial charge < -0.3 is 9.47 Å². The van der Waals surface area contributed by atoms with Crippen LogP contribution < -0.4 is 9.47 Å². The fourth-order valence-corrected chi connectivity index (χ4v) is 2.02. The van der Waals surface area contributed by atoms with Gasteiger partial charge in [-0.05, 0) is 38.0 Å². The molecule has 2 rings (SSSR count). The Morgan fingerprint density at radius 2 is 2.22 bits per heavy atom. The first-order chi connectivity index (χ1) is 8.83. The zero-order chi connectivity index (χ0) is 12.8. The quantitative estimate of drug-likeness (QED) is 0.590. The van der Waals surface area contributed by atoms with Crippen LogP contribution in [-0.4, -0.2) is 19.0 Å². The third-order valence-electron chi connectivity index (χ3n) is 2.92. The van der Waals surface area contributed by atoms with Gasteiger partial charge >= 0.3 is 0 Å². The van der Waals surface area contributed by atoms with Crippen LogP contribution in [0.3, 0.4) is 0 Å². The summed E-state index contributed by atoms with van der Waals surface area (Å²) in [6.07, 6.45) is 8.36. The molecule has 0 heterocycles. The molecule has 0 amide bonds. The maximum Gasteiger partial charge on any atom is 0.161 e. The predicted octanol–water partition coefficient (Wildman–Crippen LogP) is 3.39. The lowest BCUT2D eigenvalue weighted by Crippen LogP contribution is -2.17. The third-order valence-corrected chi connectivity index (χ3v) is 2.92. The van der Waals surface area contributed by atoms with Crippen LogP contribution in [0.2, 0.25) is 0 Å². The highest BCUT2D eigenvalue weighted by Crippen LogP contribution is 2.30. The minimum absolute atomic E-state index is 0.205. The second-order valence-corrected chi connectivity index (χ2v) is 4.28. The normalized spacial score (nSPS) is 18.4. The van der Waals surface area contributed by atoms with E-state index in [0.717, 1.165) is 31.3 Å². The van der Waals surface area contributed by atoms with Crippen LogP contribution >= 0.6 is 0 Å². The van der Waals surface area contributed by atoms with Crippen molar-refractivity contribution in [1.29, 1.82) is 0 Å². The zero-order valence-corrected chi connectivity index (χ0v) is 10.6. The van der Waals surface area contributed by atoms with E-state index in [2.05, 4.69) is 12.2 Å². The Balaban J connectivity index is 2.14. The Bertz CT molecular complexity index is 437. The average molecular weight is 246 g/mol. The zero-order valence-electron chi connectivity index (χ0n) is 10.6. The summed E-state index contributed by atoms with van der Waals surface area (Å²) in [6, 6.07) is 5.29. The Morgan fingerprint density at radius 3 is 2.89 bits per heavy atom. The second kappa shape index (κ2) is 6.24. The largest absolute Gasteiger partial charge is 0.490 e. The highest BCUT2D eigenvalue weighted by molar-refractivity contribution is 5.76. The average Bonchev–Trinajstić information content (AvgIpc) is 2.42. The van der Waals surface area contributed by atoms with Crippen molar-refractivity contribution in [2.24, 2.45) is 0 Å². The third kappa shape index (κ3) is 3.13. The number of hydrogen-bond acceptors (Lipinski definition) is 3. The molecule has 1 atom stereocenters. The summed E-state index contributed by atoms with van der Waals surface area (Å²) >= 11 is 0. The van der Waals surface area contributed by atoms with Gasteiger partial charge in [0.05, 0.1) is 6.61 Å². The van der Waals surface area contributed by atoms with Crippen molar-refractivity contribution < 1.29 is 14.3 Å². The van der Waals surface area contributed by atoms with Crippen molar-refractivity contribution in [3.05, 3.63) is 35.9 Å². The molecule has 0 aliphatic heterocycles. The van der Waals surface area contributed by atoms with Crippen molar-refractivity contribution in [2.45, 2.75) is 32.3 Å². The highest BCUT2D eigenvalue weighted by Gasteiger charge is 2.14. The minimum Gasteiger partial charge on any atom is -0.490 e. The monoisotopic (exact) mass is 246 g/mol. The van der Waals surface area contributed by atoms with Gasteiger partial charge in [-0.25, -0.2) is 0 Å². The molecule has 0 aromatic heterocycles. The molecule has 0 radical (unpaired) electrons. The van der Waals surface area contributed by atoms with Crippen LogP contribution in [0.1, 0.15) is 36.5 Å². The van der Waals surface area contributed by atoms with E-state index in [9.17, 15) is 4.79 Å². The second-order valence-electron chi connectivity index (χ2n) is 4.28. The maximum atomic E-state index is 10.8. The standard InChI is InChI=1S/C15H18O3/c1-2-17-15-10-12(11-16)8-9-14(15)18-13-6-4-3-5-7-13/h3-4,8-11,13H,2,5-7H2,1H3. The van der Waals surface area contributed by atoms with Crippen LogP contribution in [0, 0.1) is 0 Å². The summed E-state index contributed by atoms with van der Waals surface area (Å²) in [4.78, 5) is 10.8. The number of rotatable bonds is 5. The fraction of sp³-hybridized carbons (Fsp3) is 0.400. The van der Waals surface area contributed by atoms with E-state index in [1.165, 1.54) is 0 Å². The van der Waals surface area contributed by atoms with E-state index in [1.807, 2.05) is 13.0 Å². The number of hydrogen-bond donors (Lipinski definition) is 0. The Hall–Kier alpha value is -1.77. The van der Waals surface area contributed by atoms with Gasteiger partial charge in [0.25, 0.3) is 0 Å². The van der Waals surface area contributed by atoms with Gasteiger partial charge in [0, 0.05) is 12.0 Å². The SMILES string of the molecule is CCOc1cc(C=O)ccc1OC1CC=CCC1. The van der Waals surface area contributed by atoms with E-state index in [0.29, 0.717) is 17.9 Å². The van der Waals surface area contributed by atoms with Gasteiger partial charge in [-0.1, -0.05) is 12.2 Å². The van der Waals surface area contributed by atoms with Crippen LogP contribution in [0.25, 0.3) is 0 Å². The molecule has 1 unspecified atom stereocenters. The first kappa shape index (κ1) is 12.7. The molecular formula is C15H18O3. The molecule has 18 heavy (non-hydrogen) atoms. The van der Waals surface area contributed by atoms with Gasteiger partial charge in [0.1, 0.15) is 12.4 Å². The van der Waals surface area contributed by atoms with E-state index in [-0.39, 0.29) is 6.10 Å². The number of ether oxygens (including phenoxy) is 2. The van der Waals surface area contributed by atoms with Gasteiger partial charge in [0.15, 0.2) is 11.5 Å². The van der Waals surface area contributed by atoms with Crippen LogP contribution in [0.4, 0.5) is 0 Å². The summed E-state index contributed by atoms with van der Waals surface area (Å²) in [5, 5.41) is 0. The van der Waals surface area contributed by atoms with E-state index < -0.39 is 0 Å². The summed E-state index contributed by atoms with van der Waals surface area (Å²) in [5.41, 5.74) is 0.606. The number of benzene rings is 1. The Labute approximate surface area is 107 Å². The molecule has 0 saturated carbocycles. The summed E-state index contributed by atoms with van der Waals surface area (Å²) < 4.78 is 11.5. The summed E-state index contributed by atoms with van der Waals surface area (Å²) in [6.45, 7) is 2.48. The lowest BCUT2D eigenvalue weighted by molar-refractivity contribution is 0.112. The lowest BCUT2D eigenvalue weighted by Gasteiger charge is -2.21. The first-order valence-electron chi connectivity index (χ1n) is 6.37. The van der Waals surface area contributed by atoms with Gasteiger partial charge in [-0.15, -0.1) is 0 Å². The van der Waals surface area contributed by atoms with Crippen LogP contribution in [-0.2, 0) is 0 Å². The molecule has 0 saturated heterocycles.